The molecule has 2 aromatic carbocycles. The Balaban J connectivity index is 1.53. The van der Waals surface area contributed by atoms with Crippen LogP contribution in [-0.4, -0.2) is 44.1 Å². The van der Waals surface area contributed by atoms with E-state index in [1.165, 1.54) is 23.4 Å². The molecular formula is C21H16ClN7O3. The number of rotatable bonds is 5. The van der Waals surface area contributed by atoms with E-state index in [4.69, 9.17) is 16.9 Å². The molecule has 0 saturated carbocycles. The maximum atomic E-state index is 13.0. The Morgan fingerprint density at radius 3 is 2.66 bits per heavy atom. The van der Waals surface area contributed by atoms with Crippen LogP contribution in [0.4, 0.5) is 10.5 Å². The van der Waals surface area contributed by atoms with Crippen molar-refractivity contribution in [2.75, 3.05) is 11.9 Å². The number of aromatic nitrogens is 3. The van der Waals surface area contributed by atoms with Gasteiger partial charge in [-0.1, -0.05) is 23.7 Å². The van der Waals surface area contributed by atoms with Crippen LogP contribution >= 0.6 is 11.6 Å². The maximum absolute atomic E-state index is 13.0. The smallest absolute Gasteiger partial charge is 0.323 e. The lowest BCUT2D eigenvalue weighted by atomic mass is 9.91. The molecule has 2 heterocycles. The predicted octanol–water partition coefficient (Wildman–Crippen LogP) is 2.20. The largest absolute Gasteiger partial charge is 0.325 e. The number of anilines is 1. The summed E-state index contributed by atoms with van der Waals surface area (Å²) >= 11 is 6.06. The molecule has 1 fully saturated rings. The molecule has 0 bridgehead atoms. The SMILES string of the molecule is CC1(c2ccc(C#N)cc2)NC(=O)N(CC(=O)Nc2cc(Cl)ccc2-n2cncn2)C1=O. The van der Waals surface area contributed by atoms with E-state index in [0.29, 0.717) is 27.5 Å². The van der Waals surface area contributed by atoms with Gasteiger partial charge in [0.2, 0.25) is 5.91 Å². The molecule has 1 unspecified atom stereocenters. The van der Waals surface area contributed by atoms with Crippen molar-refractivity contribution in [2.45, 2.75) is 12.5 Å². The van der Waals surface area contributed by atoms with Gasteiger partial charge in [-0.25, -0.2) is 14.5 Å². The molecular weight excluding hydrogens is 434 g/mol. The number of hydrogen-bond donors (Lipinski definition) is 2. The first-order valence-corrected chi connectivity index (χ1v) is 9.79. The summed E-state index contributed by atoms with van der Waals surface area (Å²) in [6.07, 6.45) is 2.80. The first kappa shape index (κ1) is 21.0. The lowest BCUT2D eigenvalue weighted by Crippen LogP contribution is -2.42. The zero-order valence-corrected chi connectivity index (χ0v) is 17.5. The predicted molar refractivity (Wildman–Crippen MR) is 114 cm³/mol. The average molecular weight is 450 g/mol. The van der Waals surface area contributed by atoms with E-state index >= 15 is 0 Å². The second-order valence-corrected chi connectivity index (χ2v) is 7.62. The van der Waals surface area contributed by atoms with E-state index in [1.54, 1.807) is 43.3 Å². The third kappa shape index (κ3) is 3.77. The zero-order chi connectivity index (χ0) is 22.9. The minimum atomic E-state index is -1.35. The first-order chi connectivity index (χ1) is 15.3. The van der Waals surface area contributed by atoms with Crippen LogP contribution in [0.3, 0.4) is 0 Å². The average Bonchev–Trinajstić information content (AvgIpc) is 3.38. The summed E-state index contributed by atoms with van der Waals surface area (Å²) in [5, 5.41) is 18.7. The molecule has 160 valence electrons. The van der Waals surface area contributed by atoms with E-state index in [2.05, 4.69) is 20.7 Å². The molecule has 4 rings (SSSR count). The fourth-order valence-electron chi connectivity index (χ4n) is 3.39. The van der Waals surface area contributed by atoms with Gasteiger partial charge in [-0.3, -0.25) is 14.5 Å². The van der Waals surface area contributed by atoms with Crippen molar-refractivity contribution >= 4 is 35.1 Å². The first-order valence-electron chi connectivity index (χ1n) is 9.41. The Morgan fingerprint density at radius 2 is 2.00 bits per heavy atom. The zero-order valence-electron chi connectivity index (χ0n) is 16.7. The Hall–Kier alpha value is -4.23. The van der Waals surface area contributed by atoms with Crippen molar-refractivity contribution in [1.82, 2.24) is 25.0 Å². The summed E-state index contributed by atoms with van der Waals surface area (Å²) in [5.74, 6) is -1.17. The highest BCUT2D eigenvalue weighted by Gasteiger charge is 2.49. The van der Waals surface area contributed by atoms with Gasteiger partial charge in [0.1, 0.15) is 24.7 Å². The van der Waals surface area contributed by atoms with Crippen LogP contribution in [0.5, 0.6) is 0 Å². The Labute approximate surface area is 187 Å². The minimum absolute atomic E-state index is 0.343. The van der Waals surface area contributed by atoms with Gasteiger partial charge < -0.3 is 10.6 Å². The van der Waals surface area contributed by atoms with E-state index in [0.717, 1.165) is 4.90 Å². The molecule has 4 amide bonds. The number of halogens is 1. The quantitative estimate of drug-likeness (QED) is 0.573. The summed E-state index contributed by atoms with van der Waals surface area (Å²) in [5.41, 5.74) is 0.429. The highest BCUT2D eigenvalue weighted by molar-refractivity contribution is 6.31. The number of hydrogen-bond acceptors (Lipinski definition) is 6. The Kier molecular flexibility index (Phi) is 5.34. The van der Waals surface area contributed by atoms with Crippen molar-refractivity contribution in [3.63, 3.8) is 0 Å². The Bertz CT molecular complexity index is 1250. The van der Waals surface area contributed by atoms with Gasteiger partial charge in [-0.05, 0) is 42.8 Å². The molecule has 1 aromatic heterocycles. The second kappa shape index (κ2) is 8.13. The van der Waals surface area contributed by atoms with Crippen molar-refractivity contribution in [3.05, 3.63) is 71.3 Å². The van der Waals surface area contributed by atoms with E-state index in [9.17, 15) is 14.4 Å². The lowest BCUT2D eigenvalue weighted by Gasteiger charge is -2.22. The second-order valence-electron chi connectivity index (χ2n) is 7.19. The normalized spacial score (nSPS) is 17.7. The van der Waals surface area contributed by atoms with Crippen LogP contribution in [-0.2, 0) is 15.1 Å². The van der Waals surface area contributed by atoms with E-state index in [1.807, 2.05) is 6.07 Å². The summed E-state index contributed by atoms with van der Waals surface area (Å²) < 4.78 is 1.45. The van der Waals surface area contributed by atoms with Crippen LogP contribution < -0.4 is 10.6 Å². The third-order valence-corrected chi connectivity index (χ3v) is 5.30. The topological polar surface area (TPSA) is 133 Å². The molecule has 0 radical (unpaired) electrons. The van der Waals surface area contributed by atoms with Gasteiger partial charge in [0.25, 0.3) is 5.91 Å². The number of nitrogens with one attached hydrogen (secondary N) is 2. The minimum Gasteiger partial charge on any atom is -0.323 e. The van der Waals surface area contributed by atoms with Crippen molar-refractivity contribution in [2.24, 2.45) is 0 Å². The number of carbonyl (C=O) groups excluding carboxylic acids is 3. The van der Waals surface area contributed by atoms with Gasteiger partial charge in [-0.2, -0.15) is 10.4 Å². The van der Waals surface area contributed by atoms with Gasteiger partial charge in [0.15, 0.2) is 0 Å². The summed E-state index contributed by atoms with van der Waals surface area (Å²) in [6, 6.07) is 12.4. The van der Waals surface area contributed by atoms with E-state index < -0.39 is 29.9 Å². The van der Waals surface area contributed by atoms with Crippen LogP contribution in [0.25, 0.3) is 5.69 Å². The molecule has 1 saturated heterocycles. The number of urea groups is 1. The highest BCUT2D eigenvalue weighted by atomic mass is 35.5. The number of imide groups is 1. The molecule has 1 aliphatic rings. The molecule has 10 nitrogen and oxygen atoms in total. The molecule has 0 spiro atoms. The standard InChI is InChI=1S/C21H16ClN7O3/c1-21(14-4-2-13(9-23)3-5-14)19(31)28(20(32)27-21)10-18(30)26-16-8-15(22)6-7-17(16)29-12-24-11-25-29/h2-8,11-12H,10H2,1H3,(H,26,30)(H,27,32). The van der Waals surface area contributed by atoms with Crippen molar-refractivity contribution in [1.29, 1.82) is 5.26 Å². The molecule has 1 aliphatic heterocycles. The maximum Gasteiger partial charge on any atom is 0.325 e. The number of nitrogens with zero attached hydrogens (tertiary/aromatic N) is 5. The van der Waals surface area contributed by atoms with Gasteiger partial charge in [0, 0.05) is 5.02 Å². The fraction of sp³-hybridized carbons (Fsp3) is 0.143. The van der Waals surface area contributed by atoms with Crippen LogP contribution in [0.2, 0.25) is 5.02 Å². The lowest BCUT2D eigenvalue weighted by molar-refractivity contribution is -0.133. The summed E-state index contributed by atoms with van der Waals surface area (Å²) in [7, 11) is 0. The number of carbonyl (C=O) groups is 3. The fourth-order valence-corrected chi connectivity index (χ4v) is 3.56. The summed E-state index contributed by atoms with van der Waals surface area (Å²) in [6.45, 7) is 1.05. The number of benzene rings is 2. The molecule has 2 N–H and O–H groups in total. The Morgan fingerprint density at radius 1 is 1.25 bits per heavy atom. The number of nitriles is 1. The number of amides is 4. The van der Waals surface area contributed by atoms with Gasteiger partial charge in [-0.15, -0.1) is 0 Å². The molecule has 3 aromatic rings. The molecule has 1 atom stereocenters. The van der Waals surface area contributed by atoms with Crippen molar-refractivity contribution in [3.8, 4) is 11.8 Å². The molecule has 32 heavy (non-hydrogen) atoms. The van der Waals surface area contributed by atoms with Gasteiger partial charge >= 0.3 is 6.03 Å². The van der Waals surface area contributed by atoms with Crippen LogP contribution in [0.1, 0.15) is 18.1 Å². The van der Waals surface area contributed by atoms with Crippen LogP contribution in [0, 0.1) is 11.3 Å². The van der Waals surface area contributed by atoms with Crippen molar-refractivity contribution < 1.29 is 14.4 Å². The monoisotopic (exact) mass is 449 g/mol. The highest BCUT2D eigenvalue weighted by Crippen LogP contribution is 2.29. The summed E-state index contributed by atoms with van der Waals surface area (Å²) in [4.78, 5) is 43.0. The van der Waals surface area contributed by atoms with Gasteiger partial charge in [0.05, 0.1) is 23.0 Å². The molecule has 11 heteroatoms. The van der Waals surface area contributed by atoms with Crippen LogP contribution in [0.15, 0.2) is 55.1 Å². The molecule has 0 aliphatic carbocycles. The van der Waals surface area contributed by atoms with E-state index in [-0.39, 0.29) is 0 Å². The third-order valence-electron chi connectivity index (χ3n) is 5.07.